The molecule has 0 atom stereocenters. The van der Waals surface area contributed by atoms with Crippen molar-refractivity contribution in [2.24, 2.45) is 4.99 Å². The van der Waals surface area contributed by atoms with E-state index < -0.39 is 0 Å². The van der Waals surface area contributed by atoms with Gasteiger partial charge in [-0.15, -0.1) is 11.8 Å². The van der Waals surface area contributed by atoms with Crippen LogP contribution in [0.15, 0.2) is 4.99 Å². The molecule has 1 nitrogen and oxygen atoms in total. The fourth-order valence-corrected chi connectivity index (χ4v) is 0.791. The zero-order valence-electron chi connectivity index (χ0n) is 3.15. The normalized spacial score (nSPS) is 17.3. The largest absolute Gasteiger partial charge is 0.285 e. The Bertz CT molecular complexity index is 48.8. The van der Waals surface area contributed by atoms with Gasteiger partial charge in [-0.05, 0) is 0 Å². The Morgan fingerprint density at radius 1 is 1.67 bits per heavy atom. The number of rotatable bonds is 0. The maximum Gasteiger partial charge on any atom is 0.0542 e. The molecule has 39 valence electrons. The second kappa shape index (κ2) is 3.93. The van der Waals surface area contributed by atoms with Crippen LogP contribution in [0.5, 0.6) is 0 Å². The van der Waals surface area contributed by atoms with Crippen LogP contribution in [-0.4, -0.2) is 17.8 Å². The van der Waals surface area contributed by atoms with Crippen LogP contribution in [0.2, 0.25) is 0 Å². The molecule has 0 spiro atoms. The summed E-state index contributed by atoms with van der Waals surface area (Å²) in [4.78, 5) is 3.92. The minimum Gasteiger partial charge on any atom is -0.285 e. The van der Waals surface area contributed by atoms with Gasteiger partial charge in [0.1, 0.15) is 0 Å². The van der Waals surface area contributed by atoms with Gasteiger partial charge in [-0.3, -0.25) is 4.99 Å². The van der Waals surface area contributed by atoms with E-state index in [0.717, 1.165) is 6.54 Å². The minimum atomic E-state index is 0. The average Bonchev–Trinajstić information content (AvgIpc) is 1.76. The summed E-state index contributed by atoms with van der Waals surface area (Å²) in [6.45, 7) is 1.03. The molecular weight excluding hydrogens is 190 g/mol. The predicted octanol–water partition coefficient (Wildman–Crippen LogP) is 0.759. The van der Waals surface area contributed by atoms with Gasteiger partial charge in [0.2, 0.25) is 0 Å². The standard InChI is InChI=1S/C3H5NS.Ag/c1-2-5-3-4-1;/h3H,1-2H2;. The molecule has 0 bridgehead atoms. The van der Waals surface area contributed by atoms with Crippen LogP contribution in [0.1, 0.15) is 0 Å². The van der Waals surface area contributed by atoms with E-state index in [9.17, 15) is 0 Å². The Morgan fingerprint density at radius 3 is 2.67 bits per heavy atom. The SMILES string of the molecule is C1=NCCS1.[Ag]. The van der Waals surface area contributed by atoms with Crippen LogP contribution in [0, 0.1) is 0 Å². The summed E-state index contributed by atoms with van der Waals surface area (Å²) in [7, 11) is 0. The number of nitrogens with zero attached hydrogens (tertiary/aromatic N) is 1. The van der Waals surface area contributed by atoms with Gasteiger partial charge in [-0.2, -0.15) is 0 Å². The number of thioether (sulfide) groups is 1. The van der Waals surface area contributed by atoms with Crippen LogP contribution in [0.25, 0.3) is 0 Å². The van der Waals surface area contributed by atoms with Crippen molar-refractivity contribution in [2.45, 2.75) is 0 Å². The molecular formula is C3H5AgNS. The summed E-state index contributed by atoms with van der Waals surface area (Å²) >= 11 is 1.78. The Balaban J connectivity index is 0.000000250. The van der Waals surface area contributed by atoms with E-state index in [1.165, 1.54) is 5.75 Å². The Morgan fingerprint density at radius 2 is 2.50 bits per heavy atom. The summed E-state index contributed by atoms with van der Waals surface area (Å²) in [5.41, 5.74) is 1.90. The van der Waals surface area contributed by atoms with E-state index in [2.05, 4.69) is 4.99 Å². The predicted molar refractivity (Wildman–Crippen MR) is 25.8 cm³/mol. The van der Waals surface area contributed by atoms with Gasteiger partial charge < -0.3 is 0 Å². The van der Waals surface area contributed by atoms with Gasteiger partial charge in [0, 0.05) is 34.7 Å². The molecule has 1 aliphatic rings. The van der Waals surface area contributed by atoms with Gasteiger partial charge >= 0.3 is 0 Å². The first-order valence-electron chi connectivity index (χ1n) is 1.60. The van der Waals surface area contributed by atoms with Gasteiger partial charge in [0.25, 0.3) is 0 Å². The number of aliphatic imine (C=N–C) groups is 1. The van der Waals surface area contributed by atoms with Gasteiger partial charge in [0.15, 0.2) is 0 Å². The molecule has 0 saturated heterocycles. The third-order valence-corrected chi connectivity index (χ3v) is 1.20. The zero-order chi connectivity index (χ0) is 3.54. The van der Waals surface area contributed by atoms with Crippen molar-refractivity contribution in [3.05, 3.63) is 0 Å². The monoisotopic (exact) mass is 194 g/mol. The summed E-state index contributed by atoms with van der Waals surface area (Å²) in [5.74, 6) is 1.19. The van der Waals surface area contributed by atoms with Gasteiger partial charge in [-0.1, -0.05) is 0 Å². The van der Waals surface area contributed by atoms with E-state index in [1.54, 1.807) is 11.8 Å². The summed E-state index contributed by atoms with van der Waals surface area (Å²) in [6, 6.07) is 0. The summed E-state index contributed by atoms with van der Waals surface area (Å²) in [6.07, 6.45) is 0. The molecule has 0 aromatic carbocycles. The minimum absolute atomic E-state index is 0. The number of hydrogen-bond donors (Lipinski definition) is 0. The maximum absolute atomic E-state index is 3.92. The van der Waals surface area contributed by atoms with Crippen molar-refractivity contribution >= 4 is 17.3 Å². The third kappa shape index (κ3) is 2.03. The molecule has 0 amide bonds. The molecule has 0 fully saturated rings. The van der Waals surface area contributed by atoms with Crippen molar-refractivity contribution in [1.29, 1.82) is 0 Å². The maximum atomic E-state index is 3.92. The second-order valence-corrected chi connectivity index (χ2v) is 1.83. The van der Waals surface area contributed by atoms with Crippen molar-refractivity contribution in [3.8, 4) is 0 Å². The van der Waals surface area contributed by atoms with Crippen LogP contribution in [0.3, 0.4) is 0 Å². The van der Waals surface area contributed by atoms with Gasteiger partial charge in [-0.25, -0.2) is 0 Å². The Kier molecular flexibility index (Phi) is 4.43. The molecule has 6 heavy (non-hydrogen) atoms. The second-order valence-electron chi connectivity index (χ2n) is 0.882. The van der Waals surface area contributed by atoms with Crippen molar-refractivity contribution < 1.29 is 22.4 Å². The first-order chi connectivity index (χ1) is 2.50. The molecule has 0 N–H and O–H groups in total. The fraction of sp³-hybridized carbons (Fsp3) is 0.667. The van der Waals surface area contributed by atoms with Crippen LogP contribution >= 0.6 is 11.8 Å². The first-order valence-corrected chi connectivity index (χ1v) is 2.65. The number of hydrogen-bond acceptors (Lipinski definition) is 2. The quantitative estimate of drug-likeness (QED) is 0.519. The Labute approximate surface area is 57.1 Å². The Hall–Kier alpha value is 0.760. The molecule has 1 aliphatic heterocycles. The molecule has 1 heterocycles. The molecule has 3 heteroatoms. The molecule has 0 saturated carbocycles. The topological polar surface area (TPSA) is 12.4 Å². The van der Waals surface area contributed by atoms with Crippen molar-refractivity contribution in [2.75, 3.05) is 12.3 Å². The molecule has 1 radical (unpaired) electrons. The molecule has 0 aromatic heterocycles. The van der Waals surface area contributed by atoms with E-state index in [1.807, 2.05) is 5.55 Å². The molecule has 1 rings (SSSR count). The van der Waals surface area contributed by atoms with Crippen LogP contribution in [0.4, 0.5) is 0 Å². The fourth-order valence-electron chi connectivity index (χ4n) is 0.264. The van der Waals surface area contributed by atoms with E-state index in [0.29, 0.717) is 0 Å². The van der Waals surface area contributed by atoms with Crippen LogP contribution < -0.4 is 0 Å². The zero-order valence-corrected chi connectivity index (χ0v) is 5.45. The van der Waals surface area contributed by atoms with Crippen molar-refractivity contribution in [3.63, 3.8) is 0 Å². The smallest absolute Gasteiger partial charge is 0.0542 e. The molecule has 0 aliphatic carbocycles. The van der Waals surface area contributed by atoms with Gasteiger partial charge in [0.05, 0.1) is 5.55 Å². The molecule has 0 unspecified atom stereocenters. The summed E-state index contributed by atoms with van der Waals surface area (Å²) < 4.78 is 0. The van der Waals surface area contributed by atoms with Crippen molar-refractivity contribution in [1.82, 2.24) is 0 Å². The van der Waals surface area contributed by atoms with Crippen LogP contribution in [-0.2, 0) is 22.4 Å². The molecule has 0 aromatic rings. The third-order valence-electron chi connectivity index (χ3n) is 0.487. The van der Waals surface area contributed by atoms with E-state index in [-0.39, 0.29) is 22.4 Å². The average molecular weight is 195 g/mol. The first kappa shape index (κ1) is 6.76. The van der Waals surface area contributed by atoms with E-state index >= 15 is 0 Å². The van der Waals surface area contributed by atoms with E-state index in [4.69, 9.17) is 0 Å². The summed E-state index contributed by atoms with van der Waals surface area (Å²) in [5, 5.41) is 0.